The summed E-state index contributed by atoms with van der Waals surface area (Å²) in [7, 11) is 0. The predicted octanol–water partition coefficient (Wildman–Crippen LogP) is 6.48. The topological polar surface area (TPSA) is 54.3 Å². The second-order valence-corrected chi connectivity index (χ2v) is 9.43. The van der Waals surface area contributed by atoms with Gasteiger partial charge >= 0.3 is 0 Å². The van der Waals surface area contributed by atoms with Crippen LogP contribution in [0.15, 0.2) is 78.5 Å². The molecule has 174 valence electrons. The van der Waals surface area contributed by atoms with Crippen molar-refractivity contribution >= 4 is 86.6 Å². The number of hydrogen-bond acceptors (Lipinski definition) is 3. The van der Waals surface area contributed by atoms with Gasteiger partial charge < -0.3 is 4.57 Å². The summed E-state index contributed by atoms with van der Waals surface area (Å²) in [6.45, 7) is 0.526. The van der Waals surface area contributed by atoms with Gasteiger partial charge in [0.1, 0.15) is 5.57 Å². The fourth-order valence-corrected chi connectivity index (χ4v) is 4.88. The monoisotopic (exact) mass is 539 g/mol. The maximum atomic E-state index is 13.5. The van der Waals surface area contributed by atoms with E-state index in [2.05, 4.69) is 5.32 Å². The van der Waals surface area contributed by atoms with Gasteiger partial charge in [-0.1, -0.05) is 77.3 Å². The van der Waals surface area contributed by atoms with Crippen LogP contribution in [-0.4, -0.2) is 21.5 Å². The van der Waals surface area contributed by atoms with Crippen LogP contribution in [0.3, 0.4) is 0 Å². The number of anilines is 1. The minimum absolute atomic E-state index is 0.0672. The van der Waals surface area contributed by atoms with E-state index in [1.54, 1.807) is 24.3 Å². The summed E-state index contributed by atoms with van der Waals surface area (Å²) in [4.78, 5) is 27.5. The van der Waals surface area contributed by atoms with Gasteiger partial charge in [-0.2, -0.15) is 0 Å². The zero-order chi connectivity index (χ0) is 24.7. The number of nitrogens with one attached hydrogen (secondary N) is 1. The Morgan fingerprint density at radius 1 is 0.886 bits per heavy atom. The Bertz CT molecular complexity index is 1560. The van der Waals surface area contributed by atoms with Crippen molar-refractivity contribution in [3.8, 4) is 0 Å². The van der Waals surface area contributed by atoms with Crippen molar-refractivity contribution in [2.24, 2.45) is 0 Å². The number of carbonyl (C=O) groups excluding carboxylic acids is 2. The third-order valence-electron chi connectivity index (χ3n) is 5.69. The van der Waals surface area contributed by atoms with Crippen molar-refractivity contribution in [2.45, 2.75) is 6.54 Å². The van der Waals surface area contributed by atoms with E-state index < -0.39 is 11.8 Å². The zero-order valence-corrected chi connectivity index (χ0v) is 21.1. The molecule has 1 saturated heterocycles. The summed E-state index contributed by atoms with van der Waals surface area (Å²) in [5.41, 5.74) is 2.81. The van der Waals surface area contributed by atoms with Crippen LogP contribution < -0.4 is 10.2 Å². The lowest BCUT2D eigenvalue weighted by molar-refractivity contribution is -0.122. The summed E-state index contributed by atoms with van der Waals surface area (Å²) in [5, 5.41) is 4.49. The smallest absolute Gasteiger partial charge is 0.270 e. The maximum absolute atomic E-state index is 13.5. The van der Waals surface area contributed by atoms with Crippen molar-refractivity contribution in [1.29, 1.82) is 0 Å². The molecular weight excluding hydrogens is 525 g/mol. The summed E-state index contributed by atoms with van der Waals surface area (Å²) >= 11 is 24.1. The fraction of sp³-hybridized carbons (Fsp3) is 0.0385. The van der Waals surface area contributed by atoms with Crippen LogP contribution >= 0.6 is 47.0 Å². The predicted molar refractivity (Wildman–Crippen MR) is 145 cm³/mol. The van der Waals surface area contributed by atoms with E-state index in [1.165, 1.54) is 4.90 Å². The Morgan fingerprint density at radius 3 is 2.40 bits per heavy atom. The first-order valence-corrected chi connectivity index (χ1v) is 12.1. The lowest BCUT2D eigenvalue weighted by atomic mass is 10.1. The number of rotatable bonds is 4. The number of para-hydroxylation sites is 1. The van der Waals surface area contributed by atoms with Crippen molar-refractivity contribution in [1.82, 2.24) is 9.88 Å². The molecule has 0 bridgehead atoms. The number of carbonyl (C=O) groups is 2. The second-order valence-electron chi connectivity index (χ2n) is 7.85. The van der Waals surface area contributed by atoms with Crippen molar-refractivity contribution in [3.05, 3.63) is 105 Å². The molecule has 2 heterocycles. The lowest BCUT2D eigenvalue weighted by Gasteiger charge is -2.29. The van der Waals surface area contributed by atoms with E-state index in [0.717, 1.165) is 16.5 Å². The number of amides is 2. The molecule has 5 rings (SSSR count). The molecule has 1 N–H and O–H groups in total. The van der Waals surface area contributed by atoms with Crippen molar-refractivity contribution < 1.29 is 9.59 Å². The molecule has 3 aromatic carbocycles. The first-order valence-electron chi connectivity index (χ1n) is 10.5. The normalized spacial score (nSPS) is 15.2. The maximum Gasteiger partial charge on any atom is 0.270 e. The summed E-state index contributed by atoms with van der Waals surface area (Å²) < 4.78 is 2.03. The van der Waals surface area contributed by atoms with E-state index >= 15 is 0 Å². The van der Waals surface area contributed by atoms with Crippen LogP contribution in [-0.2, 0) is 16.1 Å². The average molecular weight is 541 g/mol. The Kier molecular flexibility index (Phi) is 6.38. The van der Waals surface area contributed by atoms with Gasteiger partial charge in [0.2, 0.25) is 0 Å². The lowest BCUT2D eigenvalue weighted by Crippen LogP contribution is -2.54. The van der Waals surface area contributed by atoms with E-state index in [1.807, 2.05) is 59.3 Å². The first kappa shape index (κ1) is 23.6. The number of fused-ring (bicyclic) bond motifs is 1. The van der Waals surface area contributed by atoms with Gasteiger partial charge in [-0.15, -0.1) is 0 Å². The molecule has 1 aliphatic heterocycles. The van der Waals surface area contributed by atoms with Gasteiger partial charge in [-0.25, -0.2) is 0 Å². The van der Waals surface area contributed by atoms with Crippen LogP contribution in [0, 0.1) is 0 Å². The van der Waals surface area contributed by atoms with Gasteiger partial charge in [0.15, 0.2) is 5.11 Å². The van der Waals surface area contributed by atoms with E-state index in [-0.39, 0.29) is 20.7 Å². The van der Waals surface area contributed by atoms with Gasteiger partial charge in [0.05, 0.1) is 15.7 Å². The molecule has 0 saturated carbocycles. The summed E-state index contributed by atoms with van der Waals surface area (Å²) in [5.74, 6) is -1.18. The third kappa shape index (κ3) is 4.34. The molecule has 1 aromatic heterocycles. The summed E-state index contributed by atoms with van der Waals surface area (Å²) in [6, 6.07) is 20.2. The minimum Gasteiger partial charge on any atom is -0.342 e. The molecule has 4 aromatic rings. The van der Waals surface area contributed by atoms with Gasteiger partial charge in [0, 0.05) is 34.2 Å². The molecule has 9 heteroatoms. The highest BCUT2D eigenvalue weighted by atomic mass is 35.5. The van der Waals surface area contributed by atoms with Gasteiger partial charge in [-0.05, 0) is 48.1 Å². The third-order valence-corrected chi connectivity index (χ3v) is 7.15. The molecule has 35 heavy (non-hydrogen) atoms. The van der Waals surface area contributed by atoms with Gasteiger partial charge in [0.25, 0.3) is 11.8 Å². The average Bonchev–Trinajstić information content (AvgIpc) is 3.18. The summed E-state index contributed by atoms with van der Waals surface area (Å²) in [6.07, 6.45) is 3.46. The van der Waals surface area contributed by atoms with Crippen LogP contribution in [0.4, 0.5) is 5.69 Å². The minimum atomic E-state index is -0.592. The molecule has 0 aliphatic carbocycles. The quantitative estimate of drug-likeness (QED) is 0.183. The van der Waals surface area contributed by atoms with Crippen LogP contribution in [0.2, 0.25) is 15.1 Å². The Morgan fingerprint density at radius 2 is 1.60 bits per heavy atom. The van der Waals surface area contributed by atoms with Crippen LogP contribution in [0.25, 0.3) is 17.0 Å². The number of thiocarbonyl (C=S) groups is 1. The zero-order valence-electron chi connectivity index (χ0n) is 18.0. The molecule has 0 radical (unpaired) electrons. The van der Waals surface area contributed by atoms with E-state index in [9.17, 15) is 9.59 Å². The SMILES string of the molecule is O=C1NC(=S)N(c2cccc(Cl)c2Cl)C(=O)/C1=C/c1cn(Cc2ccccc2Cl)c2ccccc12. The highest BCUT2D eigenvalue weighted by molar-refractivity contribution is 7.80. The molecular formula is C26H16Cl3N3O2S. The number of halogens is 3. The highest BCUT2D eigenvalue weighted by Gasteiger charge is 2.36. The van der Waals surface area contributed by atoms with Crippen LogP contribution in [0.5, 0.6) is 0 Å². The number of aromatic nitrogens is 1. The molecule has 0 atom stereocenters. The van der Waals surface area contributed by atoms with Crippen molar-refractivity contribution in [3.63, 3.8) is 0 Å². The standard InChI is InChI=1S/C26H16Cl3N3O2S/c27-19-8-3-1-6-15(19)13-31-14-16(17-7-2-4-10-21(17)31)12-18-24(33)30-26(35)32(25(18)34)22-11-5-9-20(28)23(22)29/h1-12,14H,13H2,(H,30,33,35)/b18-12+. The van der Waals surface area contributed by atoms with Crippen molar-refractivity contribution in [2.75, 3.05) is 4.90 Å². The molecule has 5 nitrogen and oxygen atoms in total. The molecule has 0 spiro atoms. The fourth-order valence-electron chi connectivity index (χ4n) is 4.03. The van der Waals surface area contributed by atoms with E-state index in [0.29, 0.717) is 22.8 Å². The Balaban J connectivity index is 1.59. The number of hydrogen-bond donors (Lipinski definition) is 1. The van der Waals surface area contributed by atoms with Crippen LogP contribution in [0.1, 0.15) is 11.1 Å². The molecule has 1 fully saturated rings. The Hall–Kier alpha value is -3.16. The Labute approximate surface area is 221 Å². The molecule has 2 amide bonds. The number of benzene rings is 3. The highest BCUT2D eigenvalue weighted by Crippen LogP contribution is 2.35. The van der Waals surface area contributed by atoms with Gasteiger partial charge in [-0.3, -0.25) is 19.8 Å². The largest absolute Gasteiger partial charge is 0.342 e. The second kappa shape index (κ2) is 9.47. The first-order chi connectivity index (χ1) is 16.8. The van der Waals surface area contributed by atoms with E-state index in [4.69, 9.17) is 47.0 Å². The number of nitrogens with zero attached hydrogens (tertiary/aromatic N) is 2. The molecule has 1 aliphatic rings. The molecule has 0 unspecified atom stereocenters.